The minimum absolute atomic E-state index is 0.500. The summed E-state index contributed by atoms with van der Waals surface area (Å²) in [6.07, 6.45) is 0. The van der Waals surface area contributed by atoms with Crippen molar-refractivity contribution in [2.75, 3.05) is 13.6 Å². The van der Waals surface area contributed by atoms with Gasteiger partial charge in [-0.2, -0.15) is 0 Å². The fraction of sp³-hybridized carbons (Fsp3) is 1.00. The maximum Gasteiger partial charge on any atom is 0.152 e. The third-order valence-electron chi connectivity index (χ3n) is 0.333. The smallest absolute Gasteiger partial charge is 0.152 e. The Kier molecular flexibility index (Phi) is 0.381. The first-order valence-electron chi connectivity index (χ1n) is 1.15. The quantitative estimate of drug-likeness (QED) is 0.390. The van der Waals surface area contributed by atoms with Crippen molar-refractivity contribution in [3.8, 4) is 0 Å². The number of hydrogen-bond acceptors (Lipinski definition) is 2. The highest BCUT2D eigenvalue weighted by Gasteiger charge is 1.93. The zero-order chi connectivity index (χ0) is 2.83. The van der Waals surface area contributed by atoms with Crippen LogP contribution in [0.15, 0.2) is 0 Å². The molecule has 24 valence electrons. The predicted octanol–water partition coefficient (Wildman–Crippen LogP) is -0.0518. The van der Waals surface area contributed by atoms with Gasteiger partial charge in [-0.15, -0.1) is 0 Å². The maximum absolute atomic E-state index is 4.50. The Hall–Kier alpha value is -0.0800. The first-order valence-corrected chi connectivity index (χ1v) is 1.15. The van der Waals surface area contributed by atoms with Gasteiger partial charge in [-0.25, -0.2) is 0 Å². The van der Waals surface area contributed by atoms with E-state index in [1.54, 1.807) is 0 Å². The van der Waals surface area contributed by atoms with Gasteiger partial charge in [-0.3, -0.25) is 0 Å². The van der Waals surface area contributed by atoms with Gasteiger partial charge in [-0.05, 0) is 0 Å². The molecule has 0 radical (unpaired) electrons. The minimum atomic E-state index is 0.500. The fourth-order valence-electron chi connectivity index (χ4n) is 0.0833. The first kappa shape index (κ1) is 2.18. The average molecular weight is 60.1 g/mol. The van der Waals surface area contributed by atoms with Crippen molar-refractivity contribution in [2.45, 2.75) is 0 Å². The van der Waals surface area contributed by atoms with Crippen LogP contribution in [0.3, 0.4) is 0 Å². The Morgan fingerprint density at radius 3 is 1.25 bits per heavy atom. The zero-order valence-electron chi connectivity index (χ0n) is 2.23. The lowest BCUT2D eigenvalue weighted by Gasteiger charge is -2.10. The van der Waals surface area contributed by atoms with Crippen LogP contribution >= 0.6 is 0 Å². The summed E-state index contributed by atoms with van der Waals surface area (Å²) in [5.41, 5.74) is 0. The molecule has 0 aromatic heterocycles. The van der Waals surface area contributed by atoms with Gasteiger partial charge in [0.1, 0.15) is 0 Å². The number of rotatable bonds is 0. The summed E-state index contributed by atoms with van der Waals surface area (Å²) in [7, 11) is 0. The van der Waals surface area contributed by atoms with E-state index in [4.69, 9.17) is 0 Å². The van der Waals surface area contributed by atoms with Gasteiger partial charge in [0.15, 0.2) is 13.6 Å². The molecule has 0 spiro atoms. The van der Waals surface area contributed by atoms with Crippen LogP contribution in [0.4, 0.5) is 0 Å². The lowest BCUT2D eigenvalue weighted by molar-refractivity contribution is -0.247. The van der Waals surface area contributed by atoms with Crippen LogP contribution in [-0.4, -0.2) is 13.6 Å². The standard InChI is InChI=1S/C2H4O2/c1-3-2-4-1/h1-2H2. The molecule has 0 saturated carbocycles. The molecule has 0 unspecified atom stereocenters. The predicted molar refractivity (Wildman–Crippen MR) is 11.9 cm³/mol. The average Bonchev–Trinajstić information content (AvgIpc) is 0.722. The summed E-state index contributed by atoms with van der Waals surface area (Å²) >= 11 is 0. The normalized spacial score (nSPS) is 24.0. The van der Waals surface area contributed by atoms with Crippen LogP contribution in [0.5, 0.6) is 0 Å². The molecule has 1 saturated heterocycles. The van der Waals surface area contributed by atoms with Gasteiger partial charge in [0.05, 0.1) is 0 Å². The molecule has 1 aliphatic rings. The summed E-state index contributed by atoms with van der Waals surface area (Å²) in [4.78, 5) is 0. The maximum atomic E-state index is 4.50. The first-order chi connectivity index (χ1) is 2.00. The Balaban J connectivity index is 2.00. The molecular formula is C2H4O2. The summed E-state index contributed by atoms with van der Waals surface area (Å²) in [6.45, 7) is 1.00. The Labute approximate surface area is 24.3 Å². The molecule has 2 nitrogen and oxygen atoms in total. The minimum Gasteiger partial charge on any atom is -0.329 e. The van der Waals surface area contributed by atoms with Crippen LogP contribution in [0, 0.1) is 0 Å². The highest BCUT2D eigenvalue weighted by Crippen LogP contribution is 1.87. The van der Waals surface area contributed by atoms with E-state index in [2.05, 4.69) is 9.47 Å². The number of ether oxygens (including phenoxy) is 2. The summed E-state index contributed by atoms with van der Waals surface area (Å²) in [5, 5.41) is 0. The van der Waals surface area contributed by atoms with E-state index in [0.29, 0.717) is 13.6 Å². The molecule has 1 heterocycles. The second-order valence-corrected chi connectivity index (χ2v) is 0.644. The van der Waals surface area contributed by atoms with E-state index < -0.39 is 0 Å². The van der Waals surface area contributed by atoms with Gasteiger partial charge in [0, 0.05) is 0 Å². The molecule has 4 heavy (non-hydrogen) atoms. The molecule has 0 aliphatic carbocycles. The van der Waals surface area contributed by atoms with E-state index in [0.717, 1.165) is 0 Å². The molecule has 1 rings (SSSR count). The van der Waals surface area contributed by atoms with Crippen molar-refractivity contribution in [3.05, 3.63) is 0 Å². The van der Waals surface area contributed by atoms with Crippen molar-refractivity contribution < 1.29 is 9.47 Å². The topological polar surface area (TPSA) is 18.5 Å². The molecular weight excluding hydrogens is 56.0 g/mol. The van der Waals surface area contributed by atoms with Gasteiger partial charge in [0.25, 0.3) is 0 Å². The molecule has 0 amide bonds. The van der Waals surface area contributed by atoms with Crippen LogP contribution in [-0.2, 0) is 9.47 Å². The van der Waals surface area contributed by atoms with Crippen molar-refractivity contribution >= 4 is 0 Å². The Morgan fingerprint density at radius 1 is 1.00 bits per heavy atom. The zero-order valence-corrected chi connectivity index (χ0v) is 2.23. The molecule has 0 atom stereocenters. The third kappa shape index (κ3) is 0.106. The second kappa shape index (κ2) is 0.701. The lowest BCUT2D eigenvalue weighted by Crippen LogP contribution is -2.14. The van der Waals surface area contributed by atoms with Crippen LogP contribution in [0.1, 0.15) is 0 Å². The third-order valence-corrected chi connectivity index (χ3v) is 0.333. The largest absolute Gasteiger partial charge is 0.329 e. The summed E-state index contributed by atoms with van der Waals surface area (Å²) in [5.74, 6) is 0. The Morgan fingerprint density at radius 2 is 1.25 bits per heavy atom. The highest BCUT2D eigenvalue weighted by atomic mass is 16.8. The molecule has 2 heteroatoms. The molecule has 1 fully saturated rings. The second-order valence-electron chi connectivity index (χ2n) is 0.644. The van der Waals surface area contributed by atoms with E-state index in [1.807, 2.05) is 0 Å². The van der Waals surface area contributed by atoms with Gasteiger partial charge in [-0.1, -0.05) is 0 Å². The highest BCUT2D eigenvalue weighted by molar-refractivity contribution is 4.09. The van der Waals surface area contributed by atoms with Crippen molar-refractivity contribution in [2.24, 2.45) is 0 Å². The summed E-state index contributed by atoms with van der Waals surface area (Å²) in [6, 6.07) is 0. The van der Waals surface area contributed by atoms with E-state index in [9.17, 15) is 0 Å². The molecule has 0 N–H and O–H groups in total. The van der Waals surface area contributed by atoms with Gasteiger partial charge >= 0.3 is 0 Å². The molecule has 0 aromatic rings. The van der Waals surface area contributed by atoms with E-state index in [1.165, 1.54) is 0 Å². The molecule has 0 aromatic carbocycles. The van der Waals surface area contributed by atoms with Crippen molar-refractivity contribution in [3.63, 3.8) is 0 Å². The summed E-state index contributed by atoms with van der Waals surface area (Å²) < 4.78 is 9.00. The van der Waals surface area contributed by atoms with Gasteiger partial charge < -0.3 is 9.47 Å². The van der Waals surface area contributed by atoms with Crippen molar-refractivity contribution in [1.29, 1.82) is 0 Å². The van der Waals surface area contributed by atoms with Crippen LogP contribution < -0.4 is 0 Å². The molecule has 1 aliphatic heterocycles. The fourth-order valence-corrected chi connectivity index (χ4v) is 0.0833. The van der Waals surface area contributed by atoms with Crippen LogP contribution in [0.2, 0.25) is 0 Å². The van der Waals surface area contributed by atoms with Crippen molar-refractivity contribution in [1.82, 2.24) is 0 Å². The number of hydrogen-bond donors (Lipinski definition) is 0. The van der Waals surface area contributed by atoms with Crippen LogP contribution in [0.25, 0.3) is 0 Å². The Bertz CT molecular complexity index is 12.0. The lowest BCUT2D eigenvalue weighted by atomic mass is 11.2. The van der Waals surface area contributed by atoms with E-state index >= 15 is 0 Å². The SMILES string of the molecule is C1OCO1. The molecule has 0 bridgehead atoms. The van der Waals surface area contributed by atoms with E-state index in [-0.39, 0.29) is 0 Å². The monoisotopic (exact) mass is 60.0 g/mol. The van der Waals surface area contributed by atoms with Gasteiger partial charge in [0.2, 0.25) is 0 Å².